The quantitative estimate of drug-likeness (QED) is 0.839. The number of carbonyl (C=O) groups excluding carboxylic acids is 1. The Morgan fingerprint density at radius 2 is 1.65 bits per heavy atom. The van der Waals surface area contributed by atoms with Gasteiger partial charge in [0.1, 0.15) is 0 Å². The van der Waals surface area contributed by atoms with Crippen molar-refractivity contribution < 1.29 is 4.79 Å². The second kappa shape index (κ2) is 8.72. The summed E-state index contributed by atoms with van der Waals surface area (Å²) in [5.74, 6) is -0.00972. The normalized spacial score (nSPS) is 16.2. The van der Waals surface area contributed by atoms with Crippen molar-refractivity contribution in [3.05, 3.63) is 60.2 Å². The molecule has 2 N–H and O–H groups in total. The topological polar surface area (TPSA) is 47.6 Å². The zero-order valence-electron chi connectivity index (χ0n) is 15.6. The highest BCUT2D eigenvalue weighted by Crippen LogP contribution is 2.19. The fourth-order valence-corrected chi connectivity index (χ4v) is 3.15. The Labute approximate surface area is 156 Å². The number of carbonyl (C=O) groups is 1. The van der Waals surface area contributed by atoms with Gasteiger partial charge in [0.25, 0.3) is 0 Å². The number of nitrogens with zero attached hydrogens (tertiary/aromatic N) is 2. The molecule has 1 unspecified atom stereocenters. The first-order chi connectivity index (χ1) is 12.6. The van der Waals surface area contributed by atoms with E-state index in [1.54, 1.807) is 0 Å². The molecule has 1 saturated heterocycles. The van der Waals surface area contributed by atoms with Crippen molar-refractivity contribution in [1.29, 1.82) is 0 Å². The predicted molar refractivity (Wildman–Crippen MR) is 108 cm³/mol. The largest absolute Gasteiger partial charge is 0.376 e. The third kappa shape index (κ3) is 4.99. The van der Waals surface area contributed by atoms with E-state index in [1.165, 1.54) is 5.69 Å². The van der Waals surface area contributed by atoms with E-state index in [0.717, 1.165) is 37.4 Å². The molecule has 1 atom stereocenters. The summed E-state index contributed by atoms with van der Waals surface area (Å²) in [4.78, 5) is 16.9. The Morgan fingerprint density at radius 1 is 1.00 bits per heavy atom. The van der Waals surface area contributed by atoms with Crippen molar-refractivity contribution in [2.45, 2.75) is 13.0 Å². The molecule has 0 aliphatic carbocycles. The Kier molecular flexibility index (Phi) is 6.12. The first kappa shape index (κ1) is 18.3. The van der Waals surface area contributed by atoms with Crippen molar-refractivity contribution in [3.63, 3.8) is 0 Å². The van der Waals surface area contributed by atoms with Gasteiger partial charge in [0.2, 0.25) is 5.91 Å². The van der Waals surface area contributed by atoms with Gasteiger partial charge in [-0.3, -0.25) is 4.79 Å². The van der Waals surface area contributed by atoms with Gasteiger partial charge in [0.15, 0.2) is 0 Å². The molecule has 26 heavy (non-hydrogen) atoms. The third-order valence-corrected chi connectivity index (χ3v) is 4.87. The highest BCUT2D eigenvalue weighted by Gasteiger charge is 2.14. The molecule has 0 bridgehead atoms. The maximum atomic E-state index is 12.2. The minimum Gasteiger partial charge on any atom is -0.376 e. The van der Waals surface area contributed by atoms with E-state index in [0.29, 0.717) is 0 Å². The maximum Gasteiger partial charge on any atom is 0.239 e. The number of nitrogens with one attached hydrogen (secondary N) is 2. The summed E-state index contributed by atoms with van der Waals surface area (Å²) in [5.41, 5.74) is 3.31. The Bertz CT molecular complexity index is 694. The van der Waals surface area contributed by atoms with Crippen molar-refractivity contribution in [2.24, 2.45) is 0 Å². The van der Waals surface area contributed by atoms with E-state index >= 15 is 0 Å². The van der Waals surface area contributed by atoms with E-state index in [4.69, 9.17) is 0 Å². The second-order valence-corrected chi connectivity index (χ2v) is 6.89. The van der Waals surface area contributed by atoms with E-state index in [1.807, 2.05) is 49.4 Å². The lowest BCUT2D eigenvalue weighted by atomic mass is 10.1. The van der Waals surface area contributed by atoms with Gasteiger partial charge in [0.05, 0.1) is 12.6 Å². The first-order valence-electron chi connectivity index (χ1n) is 9.23. The van der Waals surface area contributed by atoms with Gasteiger partial charge < -0.3 is 20.4 Å². The summed E-state index contributed by atoms with van der Waals surface area (Å²) in [6, 6.07) is 18.3. The molecule has 0 aromatic heterocycles. The van der Waals surface area contributed by atoms with Crippen LogP contribution in [0.1, 0.15) is 18.5 Å². The highest BCUT2D eigenvalue weighted by atomic mass is 16.1. The van der Waals surface area contributed by atoms with Crippen LogP contribution in [0.2, 0.25) is 0 Å². The van der Waals surface area contributed by atoms with Crippen LogP contribution in [-0.4, -0.2) is 50.6 Å². The van der Waals surface area contributed by atoms with Crippen molar-refractivity contribution in [1.82, 2.24) is 10.2 Å². The standard InChI is InChI=1S/C21H28N4O/c1-17(18-6-4-3-5-7-18)23-21(26)16-22-19-8-10-20(11-9-19)25-14-12-24(2)13-15-25/h3-11,17,22H,12-16H2,1-2H3,(H,23,26). The minimum atomic E-state index is -0.00972. The van der Waals surface area contributed by atoms with E-state index < -0.39 is 0 Å². The zero-order chi connectivity index (χ0) is 18.4. The monoisotopic (exact) mass is 352 g/mol. The lowest BCUT2D eigenvalue weighted by Gasteiger charge is -2.34. The van der Waals surface area contributed by atoms with E-state index in [9.17, 15) is 4.79 Å². The van der Waals surface area contributed by atoms with Crippen LogP contribution in [0.25, 0.3) is 0 Å². The minimum absolute atomic E-state index is 0.00473. The van der Waals surface area contributed by atoms with Gasteiger partial charge in [-0.05, 0) is 43.8 Å². The Hall–Kier alpha value is -2.53. The molecular formula is C21H28N4O. The molecule has 2 aromatic rings. The smallest absolute Gasteiger partial charge is 0.239 e. The third-order valence-electron chi connectivity index (χ3n) is 4.87. The average Bonchev–Trinajstić information content (AvgIpc) is 2.68. The fraction of sp³-hybridized carbons (Fsp3) is 0.381. The second-order valence-electron chi connectivity index (χ2n) is 6.89. The Balaban J connectivity index is 1.46. The molecule has 2 aromatic carbocycles. The van der Waals surface area contributed by atoms with Gasteiger partial charge >= 0.3 is 0 Å². The van der Waals surface area contributed by atoms with Gasteiger partial charge in [0, 0.05) is 37.6 Å². The van der Waals surface area contributed by atoms with Crippen molar-refractivity contribution in [2.75, 3.05) is 50.0 Å². The molecule has 5 nitrogen and oxygen atoms in total. The van der Waals surface area contributed by atoms with Crippen LogP contribution in [0.3, 0.4) is 0 Å². The predicted octanol–water partition coefficient (Wildman–Crippen LogP) is 2.73. The Morgan fingerprint density at radius 3 is 2.31 bits per heavy atom. The molecule has 0 saturated carbocycles. The highest BCUT2D eigenvalue weighted by molar-refractivity contribution is 5.81. The molecule has 1 aliphatic rings. The molecule has 3 rings (SSSR count). The zero-order valence-corrected chi connectivity index (χ0v) is 15.6. The van der Waals surface area contributed by atoms with Crippen molar-refractivity contribution in [3.8, 4) is 0 Å². The molecule has 138 valence electrons. The van der Waals surface area contributed by atoms with Crippen LogP contribution >= 0.6 is 0 Å². The van der Waals surface area contributed by atoms with Crippen LogP contribution in [0.5, 0.6) is 0 Å². The number of rotatable bonds is 6. The molecule has 1 fully saturated rings. The van der Waals surface area contributed by atoms with E-state index in [2.05, 4.69) is 39.6 Å². The molecule has 1 amide bonds. The summed E-state index contributed by atoms with van der Waals surface area (Å²) < 4.78 is 0. The summed E-state index contributed by atoms with van der Waals surface area (Å²) >= 11 is 0. The van der Waals surface area contributed by atoms with Crippen LogP contribution < -0.4 is 15.5 Å². The fourth-order valence-electron chi connectivity index (χ4n) is 3.15. The molecule has 1 aliphatic heterocycles. The van der Waals surface area contributed by atoms with Gasteiger partial charge in [-0.15, -0.1) is 0 Å². The number of benzene rings is 2. The lowest BCUT2D eigenvalue weighted by Crippen LogP contribution is -2.44. The lowest BCUT2D eigenvalue weighted by molar-refractivity contribution is -0.120. The van der Waals surface area contributed by atoms with Crippen LogP contribution in [0, 0.1) is 0 Å². The first-order valence-corrected chi connectivity index (χ1v) is 9.23. The molecule has 0 radical (unpaired) electrons. The van der Waals surface area contributed by atoms with Crippen LogP contribution in [0.15, 0.2) is 54.6 Å². The molecular weight excluding hydrogens is 324 g/mol. The molecule has 1 heterocycles. The molecule has 0 spiro atoms. The number of hydrogen-bond acceptors (Lipinski definition) is 4. The summed E-state index contributed by atoms with van der Waals surface area (Å²) in [6.45, 7) is 6.58. The van der Waals surface area contributed by atoms with Crippen LogP contribution in [-0.2, 0) is 4.79 Å². The maximum absolute atomic E-state index is 12.2. The number of likely N-dealkylation sites (N-methyl/N-ethyl adjacent to an activating group) is 1. The molecule has 5 heteroatoms. The number of piperazine rings is 1. The number of amides is 1. The number of anilines is 2. The van der Waals surface area contributed by atoms with Gasteiger partial charge in [-0.2, -0.15) is 0 Å². The van der Waals surface area contributed by atoms with E-state index in [-0.39, 0.29) is 18.5 Å². The number of hydrogen-bond donors (Lipinski definition) is 2. The SMILES string of the molecule is CC(NC(=O)CNc1ccc(N2CCN(C)CC2)cc1)c1ccccc1. The van der Waals surface area contributed by atoms with Crippen LogP contribution in [0.4, 0.5) is 11.4 Å². The summed E-state index contributed by atoms with van der Waals surface area (Å²) in [5, 5.41) is 6.22. The summed E-state index contributed by atoms with van der Waals surface area (Å²) in [7, 11) is 2.16. The summed E-state index contributed by atoms with van der Waals surface area (Å²) in [6.07, 6.45) is 0. The van der Waals surface area contributed by atoms with Crippen molar-refractivity contribution >= 4 is 17.3 Å². The van der Waals surface area contributed by atoms with Gasteiger partial charge in [-0.1, -0.05) is 30.3 Å². The van der Waals surface area contributed by atoms with Gasteiger partial charge in [-0.25, -0.2) is 0 Å². The average molecular weight is 352 g/mol.